The maximum Gasteiger partial charge on any atom is 0.00159 e. The number of allylic oxidation sites excluding steroid dienone is 1. The molecule has 0 rings (SSSR count). The lowest BCUT2D eigenvalue weighted by Gasteiger charge is -2.07. The van der Waals surface area contributed by atoms with Gasteiger partial charge in [0.2, 0.25) is 0 Å². The molecule has 0 radical (unpaired) electrons. The summed E-state index contributed by atoms with van der Waals surface area (Å²) in [5, 5.41) is 0.861. The maximum absolute atomic E-state index is 3.75. The predicted molar refractivity (Wildman–Crippen MR) is 84.0 cm³/mol. The van der Waals surface area contributed by atoms with Gasteiger partial charge in [-0.25, -0.2) is 0 Å². The van der Waals surface area contributed by atoms with Crippen LogP contribution < -0.4 is 0 Å². The summed E-state index contributed by atoms with van der Waals surface area (Å²) in [5.41, 5.74) is 0. The predicted octanol–water partition coefficient (Wildman–Crippen LogP) is 6.22. The lowest BCUT2D eigenvalue weighted by molar-refractivity contribution is 0.552. The van der Waals surface area contributed by atoms with Crippen molar-refractivity contribution in [3.8, 4) is 0 Å². The van der Waals surface area contributed by atoms with Gasteiger partial charge in [0.25, 0.3) is 0 Å². The molecule has 0 aliphatic heterocycles. The minimum absolute atomic E-state index is 0.861. The van der Waals surface area contributed by atoms with Crippen molar-refractivity contribution in [3.63, 3.8) is 0 Å². The summed E-state index contributed by atoms with van der Waals surface area (Å²) in [4.78, 5) is 0. The molecule has 1 unspecified atom stereocenters. The summed E-state index contributed by atoms with van der Waals surface area (Å²) in [6, 6.07) is 0. The number of rotatable bonds is 13. The van der Waals surface area contributed by atoms with Gasteiger partial charge < -0.3 is 0 Å². The zero-order valence-electron chi connectivity index (χ0n) is 12.0. The molecule has 0 nitrogen and oxygen atoms in total. The van der Waals surface area contributed by atoms with E-state index in [9.17, 15) is 0 Å². The van der Waals surface area contributed by atoms with Crippen LogP contribution >= 0.6 is 11.8 Å². The highest BCUT2D eigenvalue weighted by Gasteiger charge is 1.98. The molecule has 0 fully saturated rings. The van der Waals surface area contributed by atoms with E-state index in [2.05, 4.69) is 19.8 Å². The average Bonchev–Trinajstić information content (AvgIpc) is 2.35. The van der Waals surface area contributed by atoms with E-state index in [4.69, 9.17) is 0 Å². The number of thioether (sulfide) groups is 1. The van der Waals surface area contributed by atoms with Crippen molar-refractivity contribution in [1.82, 2.24) is 0 Å². The third kappa shape index (κ3) is 14.0. The molecule has 0 spiro atoms. The minimum atomic E-state index is 0.861. The van der Waals surface area contributed by atoms with Crippen LogP contribution in [-0.4, -0.2) is 11.5 Å². The summed E-state index contributed by atoms with van der Waals surface area (Å²) in [6.45, 7) is 6.09. The van der Waals surface area contributed by atoms with E-state index in [1.54, 1.807) is 0 Å². The molecule has 0 saturated heterocycles. The highest BCUT2D eigenvalue weighted by Crippen LogP contribution is 2.16. The summed E-state index contributed by atoms with van der Waals surface area (Å²) in [5.74, 6) is 0. The van der Waals surface area contributed by atoms with Crippen LogP contribution in [0.4, 0.5) is 0 Å². The zero-order valence-corrected chi connectivity index (χ0v) is 12.9. The van der Waals surface area contributed by atoms with E-state index in [0.29, 0.717) is 0 Å². The van der Waals surface area contributed by atoms with Crippen LogP contribution in [0.3, 0.4) is 0 Å². The molecule has 0 heterocycles. The molecule has 1 heteroatoms. The number of hydrogen-bond donors (Lipinski definition) is 0. The van der Waals surface area contributed by atoms with Gasteiger partial charge in [-0.2, -0.15) is 11.8 Å². The van der Waals surface area contributed by atoms with Crippen LogP contribution in [0, 0.1) is 0 Å². The molecule has 0 aromatic rings. The van der Waals surface area contributed by atoms with Crippen molar-refractivity contribution in [1.29, 1.82) is 0 Å². The molecule has 0 saturated carbocycles. The Bertz CT molecular complexity index is 154. The fourth-order valence-electron chi connectivity index (χ4n) is 2.08. The fourth-order valence-corrected chi connectivity index (χ4v) is 2.48. The third-order valence-corrected chi connectivity index (χ3v) is 4.46. The first kappa shape index (κ1) is 17.1. The van der Waals surface area contributed by atoms with Crippen molar-refractivity contribution < 1.29 is 0 Å². The molecule has 0 N–H and O–H groups in total. The molecule has 102 valence electrons. The third-order valence-electron chi connectivity index (χ3n) is 3.42. The van der Waals surface area contributed by atoms with Gasteiger partial charge in [0, 0.05) is 5.25 Å². The molecule has 0 aliphatic rings. The average molecular weight is 256 g/mol. The van der Waals surface area contributed by atoms with Gasteiger partial charge in [-0.1, -0.05) is 64.4 Å². The normalized spacial score (nSPS) is 12.6. The lowest BCUT2D eigenvalue weighted by atomic mass is 10.1. The first-order valence-electron chi connectivity index (χ1n) is 7.45. The quantitative estimate of drug-likeness (QED) is 0.279. The van der Waals surface area contributed by atoms with Gasteiger partial charge in [-0.15, -0.1) is 6.58 Å². The molecular weight excluding hydrogens is 224 g/mol. The molecule has 0 aromatic heterocycles. The van der Waals surface area contributed by atoms with E-state index in [-0.39, 0.29) is 0 Å². The van der Waals surface area contributed by atoms with E-state index in [0.717, 1.165) is 5.25 Å². The molecule has 0 amide bonds. The lowest BCUT2D eigenvalue weighted by Crippen LogP contribution is -1.94. The Morgan fingerprint density at radius 2 is 1.35 bits per heavy atom. The Morgan fingerprint density at radius 3 is 1.82 bits per heavy atom. The second kappa shape index (κ2) is 14.2. The number of unbranched alkanes of at least 4 members (excludes halogenated alkanes) is 9. The van der Waals surface area contributed by atoms with Gasteiger partial charge in [0.15, 0.2) is 0 Å². The maximum atomic E-state index is 3.75. The standard InChI is InChI=1S/C16H32S/c1-4-5-6-7-8-9-10-11-12-13-14-15-16(2)17-3/h4,16H,1,5-15H2,2-3H3. The molecule has 17 heavy (non-hydrogen) atoms. The van der Waals surface area contributed by atoms with Gasteiger partial charge >= 0.3 is 0 Å². The van der Waals surface area contributed by atoms with Gasteiger partial charge in [0.05, 0.1) is 0 Å². The van der Waals surface area contributed by atoms with Crippen LogP contribution in [0.15, 0.2) is 12.7 Å². The van der Waals surface area contributed by atoms with Gasteiger partial charge in [-0.3, -0.25) is 0 Å². The monoisotopic (exact) mass is 256 g/mol. The minimum Gasteiger partial charge on any atom is -0.162 e. The van der Waals surface area contributed by atoms with Crippen LogP contribution in [0.5, 0.6) is 0 Å². The topological polar surface area (TPSA) is 0 Å². The first-order chi connectivity index (χ1) is 8.31. The van der Waals surface area contributed by atoms with Crippen LogP contribution in [0.1, 0.15) is 77.6 Å². The van der Waals surface area contributed by atoms with Crippen LogP contribution in [-0.2, 0) is 0 Å². The van der Waals surface area contributed by atoms with Crippen LogP contribution in [0.25, 0.3) is 0 Å². The van der Waals surface area contributed by atoms with Crippen molar-refractivity contribution in [2.45, 2.75) is 82.8 Å². The SMILES string of the molecule is C=CCCCCCCCCCCCC(C)SC. The summed E-state index contributed by atoms with van der Waals surface area (Å²) < 4.78 is 0. The smallest absolute Gasteiger partial charge is 0.00159 e. The summed E-state index contributed by atoms with van der Waals surface area (Å²) in [7, 11) is 0. The fraction of sp³-hybridized carbons (Fsp3) is 0.875. The highest BCUT2D eigenvalue weighted by molar-refractivity contribution is 7.99. The Labute approximate surface area is 114 Å². The number of hydrogen-bond acceptors (Lipinski definition) is 1. The Balaban J connectivity index is 2.96. The second-order valence-corrected chi connectivity index (χ2v) is 6.37. The Kier molecular flexibility index (Phi) is 14.2. The van der Waals surface area contributed by atoms with E-state index < -0.39 is 0 Å². The van der Waals surface area contributed by atoms with E-state index >= 15 is 0 Å². The second-order valence-electron chi connectivity index (χ2n) is 5.09. The molecule has 0 aliphatic carbocycles. The molecule has 1 atom stereocenters. The van der Waals surface area contributed by atoms with Crippen molar-refractivity contribution in [2.24, 2.45) is 0 Å². The Hall–Kier alpha value is 0.0900. The largest absolute Gasteiger partial charge is 0.162 e. The highest BCUT2D eigenvalue weighted by atomic mass is 32.2. The van der Waals surface area contributed by atoms with Crippen molar-refractivity contribution in [3.05, 3.63) is 12.7 Å². The van der Waals surface area contributed by atoms with Crippen molar-refractivity contribution >= 4 is 11.8 Å². The van der Waals surface area contributed by atoms with E-state index in [1.807, 2.05) is 17.8 Å². The van der Waals surface area contributed by atoms with Crippen molar-refractivity contribution in [2.75, 3.05) is 6.26 Å². The van der Waals surface area contributed by atoms with E-state index in [1.165, 1.54) is 70.6 Å². The first-order valence-corrected chi connectivity index (χ1v) is 8.73. The zero-order chi connectivity index (χ0) is 12.8. The van der Waals surface area contributed by atoms with Gasteiger partial charge in [0.1, 0.15) is 0 Å². The Morgan fingerprint density at radius 1 is 0.882 bits per heavy atom. The molecule has 0 aromatic carbocycles. The molecular formula is C16H32S. The summed E-state index contributed by atoms with van der Waals surface area (Å²) >= 11 is 2.00. The van der Waals surface area contributed by atoms with Crippen LogP contribution in [0.2, 0.25) is 0 Å². The summed E-state index contributed by atoms with van der Waals surface area (Å²) in [6.07, 6.45) is 19.7. The molecule has 0 bridgehead atoms. The van der Waals surface area contributed by atoms with Gasteiger partial charge in [-0.05, 0) is 25.5 Å².